The van der Waals surface area contributed by atoms with Gasteiger partial charge in [-0.1, -0.05) is 13.8 Å². The van der Waals surface area contributed by atoms with Crippen molar-refractivity contribution >= 4 is 47.4 Å². The van der Waals surface area contributed by atoms with Crippen molar-refractivity contribution in [2.45, 2.75) is 70.1 Å². The summed E-state index contributed by atoms with van der Waals surface area (Å²) in [5, 5.41) is 25.7. The maximum Gasteiger partial charge on any atom is 0.326 e. The molecule has 0 fully saturated rings. The minimum absolute atomic E-state index is 0.0774. The normalized spacial score (nSPS) is 14.1. The van der Waals surface area contributed by atoms with E-state index in [9.17, 15) is 29.1 Å². The van der Waals surface area contributed by atoms with E-state index >= 15 is 0 Å². The summed E-state index contributed by atoms with van der Waals surface area (Å²) in [6, 6.07) is -4.53. The highest BCUT2D eigenvalue weighted by atomic mass is 32.2. The number of nitrogens with two attached hydrogens (primary N) is 3. The molecule has 0 aliphatic carbocycles. The van der Waals surface area contributed by atoms with Crippen LogP contribution in [0.5, 0.6) is 0 Å². The van der Waals surface area contributed by atoms with Gasteiger partial charge in [-0.05, 0) is 43.6 Å². The second kappa shape index (κ2) is 17.4. The van der Waals surface area contributed by atoms with Crippen molar-refractivity contribution in [1.29, 1.82) is 0 Å². The molecule has 0 aromatic heterocycles. The lowest BCUT2D eigenvalue weighted by Crippen LogP contribution is -2.57. The molecule has 14 nitrogen and oxygen atoms in total. The summed E-state index contributed by atoms with van der Waals surface area (Å²) in [6.07, 6.45) is 2.01. The van der Waals surface area contributed by atoms with Gasteiger partial charge in [-0.15, -0.1) is 0 Å². The van der Waals surface area contributed by atoms with Crippen LogP contribution in [-0.4, -0.2) is 88.6 Å². The van der Waals surface area contributed by atoms with Gasteiger partial charge < -0.3 is 43.4 Å². The van der Waals surface area contributed by atoms with Gasteiger partial charge in [-0.25, -0.2) is 4.79 Å². The fraction of sp³-hybridized carbons (Fsp3) is 0.714. The Morgan fingerprint density at radius 2 is 1.44 bits per heavy atom. The van der Waals surface area contributed by atoms with Crippen LogP contribution in [0.15, 0.2) is 4.99 Å². The van der Waals surface area contributed by atoms with Crippen LogP contribution in [-0.2, 0) is 24.0 Å². The number of hydrogen-bond acceptors (Lipinski definition) is 8. The largest absolute Gasteiger partial charge is 0.481 e. The average molecular weight is 534 g/mol. The molecule has 0 spiro atoms. The lowest BCUT2D eigenvalue weighted by molar-refractivity contribution is -0.144. The molecule has 0 aliphatic rings. The molecule has 4 atom stereocenters. The van der Waals surface area contributed by atoms with Crippen molar-refractivity contribution in [2.75, 3.05) is 18.6 Å². The SMILES string of the molecule is CSCCC(NC(=O)C(N)CCCN=C(N)N)C(=O)NC(CCC(=O)O)C(=O)NC(C(=O)O)C(C)C. The highest BCUT2D eigenvalue weighted by molar-refractivity contribution is 7.98. The zero-order valence-electron chi connectivity index (χ0n) is 20.9. The number of nitrogens with zero attached hydrogens (tertiary/aromatic N) is 1. The third kappa shape index (κ3) is 13.7. The predicted molar refractivity (Wildman–Crippen MR) is 136 cm³/mol. The number of aliphatic imine (C=N–C) groups is 1. The summed E-state index contributed by atoms with van der Waals surface area (Å²) in [4.78, 5) is 64.6. The monoisotopic (exact) mass is 533 g/mol. The van der Waals surface area contributed by atoms with Crippen molar-refractivity contribution < 1.29 is 34.2 Å². The van der Waals surface area contributed by atoms with E-state index in [0.717, 1.165) is 0 Å². The zero-order valence-corrected chi connectivity index (χ0v) is 21.7. The molecule has 0 heterocycles. The number of nitrogens with one attached hydrogen (secondary N) is 3. The molecule has 15 heteroatoms. The number of amides is 3. The van der Waals surface area contributed by atoms with Crippen molar-refractivity contribution in [3.8, 4) is 0 Å². The van der Waals surface area contributed by atoms with E-state index in [0.29, 0.717) is 12.2 Å². The van der Waals surface area contributed by atoms with Crippen LogP contribution in [0, 0.1) is 5.92 Å². The van der Waals surface area contributed by atoms with E-state index in [1.807, 2.05) is 6.26 Å². The van der Waals surface area contributed by atoms with Gasteiger partial charge in [0.2, 0.25) is 17.7 Å². The van der Waals surface area contributed by atoms with Gasteiger partial charge in [-0.2, -0.15) is 11.8 Å². The molecular weight excluding hydrogens is 494 g/mol. The molecule has 0 saturated heterocycles. The Morgan fingerprint density at radius 3 is 1.94 bits per heavy atom. The van der Waals surface area contributed by atoms with E-state index in [1.54, 1.807) is 13.8 Å². The van der Waals surface area contributed by atoms with E-state index in [4.69, 9.17) is 22.3 Å². The number of hydrogen-bond donors (Lipinski definition) is 8. The Labute approximate surface area is 214 Å². The number of carboxylic acids is 2. The van der Waals surface area contributed by atoms with Crippen molar-refractivity contribution in [3.05, 3.63) is 0 Å². The first-order valence-corrected chi connectivity index (χ1v) is 12.8. The molecule has 0 bridgehead atoms. The third-order valence-corrected chi connectivity index (χ3v) is 5.70. The second-order valence-corrected chi connectivity index (χ2v) is 9.45. The number of guanidine groups is 1. The smallest absolute Gasteiger partial charge is 0.326 e. The number of carbonyl (C=O) groups is 5. The van der Waals surface area contributed by atoms with E-state index < -0.39 is 66.2 Å². The maximum absolute atomic E-state index is 13.0. The first-order valence-electron chi connectivity index (χ1n) is 11.5. The highest BCUT2D eigenvalue weighted by Crippen LogP contribution is 2.08. The van der Waals surface area contributed by atoms with Crippen molar-refractivity contribution in [2.24, 2.45) is 28.1 Å². The number of thioether (sulfide) groups is 1. The first-order chi connectivity index (χ1) is 16.8. The summed E-state index contributed by atoms with van der Waals surface area (Å²) in [5.41, 5.74) is 16.4. The van der Waals surface area contributed by atoms with Crippen LogP contribution in [0.2, 0.25) is 0 Å². The van der Waals surface area contributed by atoms with Crippen molar-refractivity contribution in [1.82, 2.24) is 16.0 Å². The molecule has 36 heavy (non-hydrogen) atoms. The summed E-state index contributed by atoms with van der Waals surface area (Å²) in [7, 11) is 0. The van der Waals surface area contributed by atoms with E-state index in [2.05, 4.69) is 20.9 Å². The Bertz CT molecular complexity index is 791. The third-order valence-electron chi connectivity index (χ3n) is 5.06. The van der Waals surface area contributed by atoms with Crippen LogP contribution in [0.1, 0.15) is 46.0 Å². The topological polar surface area (TPSA) is 252 Å². The Balaban J connectivity index is 5.42. The predicted octanol–water partition coefficient (Wildman–Crippen LogP) is -1.82. The minimum atomic E-state index is -1.32. The Kier molecular flexibility index (Phi) is 15.9. The van der Waals surface area contributed by atoms with Crippen LogP contribution in [0.25, 0.3) is 0 Å². The zero-order chi connectivity index (χ0) is 27.8. The summed E-state index contributed by atoms with van der Waals surface area (Å²) in [5.74, 6) is -4.63. The van der Waals surface area contributed by atoms with Crippen LogP contribution in [0.4, 0.5) is 0 Å². The van der Waals surface area contributed by atoms with Crippen LogP contribution >= 0.6 is 11.8 Å². The van der Waals surface area contributed by atoms with Gasteiger partial charge in [0.25, 0.3) is 0 Å². The molecule has 4 unspecified atom stereocenters. The standard InChI is InChI=1S/C21H39N7O7S/c1-11(2)16(20(34)35)28-19(33)13(6-7-15(29)30)27-18(32)14(8-10-36-3)26-17(31)12(22)5-4-9-25-21(23)24/h11-14,16H,4-10,22H2,1-3H3,(H,26,31)(H,27,32)(H,28,33)(H,29,30)(H,34,35)(H4,23,24,25). The molecule has 0 saturated carbocycles. The Morgan fingerprint density at radius 1 is 0.889 bits per heavy atom. The van der Waals surface area contributed by atoms with E-state index in [-0.39, 0.29) is 31.8 Å². The van der Waals surface area contributed by atoms with Crippen molar-refractivity contribution in [3.63, 3.8) is 0 Å². The van der Waals surface area contributed by atoms with Gasteiger partial charge in [0.1, 0.15) is 18.1 Å². The van der Waals surface area contributed by atoms with Gasteiger partial charge in [0, 0.05) is 13.0 Å². The second-order valence-electron chi connectivity index (χ2n) is 8.46. The molecule has 206 valence electrons. The summed E-state index contributed by atoms with van der Waals surface area (Å²) < 4.78 is 0. The lowest BCUT2D eigenvalue weighted by Gasteiger charge is -2.26. The minimum Gasteiger partial charge on any atom is -0.481 e. The molecule has 11 N–H and O–H groups in total. The quantitative estimate of drug-likeness (QED) is 0.0553. The molecule has 0 radical (unpaired) electrons. The Hall–Kier alpha value is -3.07. The molecule has 0 rings (SSSR count). The maximum atomic E-state index is 13.0. The van der Waals surface area contributed by atoms with Crippen LogP contribution in [0.3, 0.4) is 0 Å². The van der Waals surface area contributed by atoms with Gasteiger partial charge in [0.05, 0.1) is 6.04 Å². The number of rotatable bonds is 18. The van der Waals surface area contributed by atoms with Gasteiger partial charge in [0.15, 0.2) is 5.96 Å². The summed E-state index contributed by atoms with van der Waals surface area (Å²) >= 11 is 1.43. The molecule has 0 aliphatic heterocycles. The number of carbonyl (C=O) groups excluding carboxylic acids is 3. The number of carboxylic acid groups (broad SMARTS) is 2. The fourth-order valence-corrected chi connectivity index (χ4v) is 3.48. The molecule has 0 aromatic carbocycles. The highest BCUT2D eigenvalue weighted by Gasteiger charge is 2.31. The fourth-order valence-electron chi connectivity index (χ4n) is 3.01. The first kappa shape index (κ1) is 32.9. The van der Waals surface area contributed by atoms with Gasteiger partial charge >= 0.3 is 11.9 Å². The van der Waals surface area contributed by atoms with E-state index in [1.165, 1.54) is 11.8 Å². The number of aliphatic carboxylic acids is 2. The lowest BCUT2D eigenvalue weighted by atomic mass is 10.0. The average Bonchev–Trinajstić information content (AvgIpc) is 2.78. The summed E-state index contributed by atoms with van der Waals surface area (Å²) in [6.45, 7) is 3.48. The molecule has 3 amide bonds. The molecule has 0 aromatic rings. The van der Waals surface area contributed by atoms with Crippen LogP contribution < -0.4 is 33.2 Å². The van der Waals surface area contributed by atoms with Gasteiger partial charge in [-0.3, -0.25) is 24.2 Å². The molecular formula is C21H39N7O7S.